The number of ketones is 2. The van der Waals surface area contributed by atoms with Crippen molar-refractivity contribution in [3.05, 3.63) is 119 Å². The zero-order chi connectivity index (χ0) is 24.3. The molecule has 0 aliphatic heterocycles. The van der Waals surface area contributed by atoms with Crippen LogP contribution in [-0.4, -0.2) is 32.0 Å². The predicted molar refractivity (Wildman–Crippen MR) is 126 cm³/mol. The summed E-state index contributed by atoms with van der Waals surface area (Å²) in [5.41, 5.74) is -1.86. The zero-order valence-corrected chi connectivity index (χ0v) is 18.1. The predicted octanol–water partition coefficient (Wildman–Crippen LogP) is 4.95. The van der Waals surface area contributed by atoms with E-state index in [2.05, 4.69) is 0 Å². The van der Waals surface area contributed by atoms with Crippen LogP contribution in [0.5, 0.6) is 23.0 Å². The topological polar surface area (TPSA) is 115 Å². The Labute approximate surface area is 196 Å². The Morgan fingerprint density at radius 2 is 0.912 bits per heavy atom. The Bertz CT molecular complexity index is 1330. The van der Waals surface area contributed by atoms with E-state index in [1.54, 1.807) is 48.5 Å². The number of Topliss-reactive ketones (excluding diaryl/α,β-unsaturated/α-hetero) is 2. The molecule has 0 atom stereocenters. The van der Waals surface area contributed by atoms with Crippen LogP contribution in [0.4, 0.5) is 0 Å². The van der Waals surface area contributed by atoms with Crippen molar-refractivity contribution < 1.29 is 30.0 Å². The second-order valence-corrected chi connectivity index (χ2v) is 7.90. The van der Waals surface area contributed by atoms with Gasteiger partial charge in [0.15, 0.2) is 11.6 Å². The molecule has 0 spiro atoms. The van der Waals surface area contributed by atoms with Gasteiger partial charge in [0.05, 0.1) is 16.5 Å². The number of hydrogen-bond donors (Lipinski definition) is 4. The van der Waals surface area contributed by atoms with Crippen LogP contribution in [0.15, 0.2) is 97.1 Å². The molecule has 0 aliphatic carbocycles. The van der Waals surface area contributed by atoms with Gasteiger partial charge >= 0.3 is 0 Å². The van der Waals surface area contributed by atoms with Crippen molar-refractivity contribution in [3.8, 4) is 23.0 Å². The number of carbonyl (C=O) groups excluding carboxylic acids is 2. The van der Waals surface area contributed by atoms with Gasteiger partial charge in [0.2, 0.25) is 0 Å². The average Bonchev–Trinajstić information content (AvgIpc) is 2.83. The van der Waals surface area contributed by atoms with E-state index < -0.39 is 23.4 Å². The molecule has 0 radical (unpaired) electrons. The molecule has 0 aliphatic rings. The van der Waals surface area contributed by atoms with Gasteiger partial charge in [-0.3, -0.25) is 9.59 Å². The van der Waals surface area contributed by atoms with Crippen molar-refractivity contribution in [2.75, 3.05) is 0 Å². The molecule has 0 fully saturated rings. The second-order valence-electron chi connectivity index (χ2n) is 7.90. The highest BCUT2D eigenvalue weighted by Crippen LogP contribution is 2.47. The molecule has 0 amide bonds. The first kappa shape index (κ1) is 22.6. The first-order chi connectivity index (χ1) is 16.4. The molecule has 0 saturated carbocycles. The third-order valence-corrected chi connectivity index (χ3v) is 5.89. The molecule has 0 unspecified atom stereocenters. The fourth-order valence-corrected chi connectivity index (χ4v) is 4.27. The molecule has 4 aromatic rings. The van der Waals surface area contributed by atoms with E-state index in [0.29, 0.717) is 0 Å². The summed E-state index contributed by atoms with van der Waals surface area (Å²) in [5.74, 6) is -2.38. The first-order valence-corrected chi connectivity index (χ1v) is 10.6. The number of carbonyl (C=O) groups is 2. The summed E-state index contributed by atoms with van der Waals surface area (Å²) in [4.78, 5) is 27.8. The van der Waals surface area contributed by atoms with Gasteiger partial charge in [-0.1, -0.05) is 60.7 Å². The highest BCUT2D eigenvalue weighted by atomic mass is 16.3. The summed E-state index contributed by atoms with van der Waals surface area (Å²) in [6, 6.07) is 23.9. The maximum absolute atomic E-state index is 14.2. The Hall–Kier alpha value is -4.58. The molecule has 0 bridgehead atoms. The van der Waals surface area contributed by atoms with E-state index >= 15 is 0 Å². The fourth-order valence-electron chi connectivity index (χ4n) is 4.27. The molecule has 0 aromatic heterocycles. The summed E-state index contributed by atoms with van der Waals surface area (Å²) in [6.45, 7) is 0. The van der Waals surface area contributed by atoms with Crippen LogP contribution in [0.25, 0.3) is 0 Å². The van der Waals surface area contributed by atoms with Crippen LogP contribution < -0.4 is 0 Å². The van der Waals surface area contributed by atoms with E-state index in [0.717, 1.165) is 0 Å². The van der Waals surface area contributed by atoms with Crippen LogP contribution >= 0.6 is 0 Å². The summed E-state index contributed by atoms with van der Waals surface area (Å²) >= 11 is 0. The summed E-state index contributed by atoms with van der Waals surface area (Å²) < 4.78 is 0. The lowest BCUT2D eigenvalue weighted by molar-refractivity contribution is 0.0836. The number of hydrogen-bond acceptors (Lipinski definition) is 6. The molecule has 170 valence electrons. The van der Waals surface area contributed by atoms with Gasteiger partial charge in [-0.15, -0.1) is 0 Å². The number of phenols is 4. The number of rotatable bonds is 7. The van der Waals surface area contributed by atoms with Gasteiger partial charge in [-0.2, -0.15) is 0 Å². The van der Waals surface area contributed by atoms with E-state index in [4.69, 9.17) is 0 Å². The van der Waals surface area contributed by atoms with E-state index in [-0.39, 0.29) is 45.3 Å². The Balaban J connectivity index is 2.06. The number of benzene rings is 4. The normalized spacial score (nSPS) is 11.2. The van der Waals surface area contributed by atoms with Gasteiger partial charge in [0.1, 0.15) is 23.0 Å². The Morgan fingerprint density at radius 1 is 0.529 bits per heavy atom. The summed E-state index contributed by atoms with van der Waals surface area (Å²) in [5, 5.41) is 42.5. The molecule has 0 saturated heterocycles. The van der Waals surface area contributed by atoms with E-state index in [1.165, 1.54) is 48.5 Å². The van der Waals surface area contributed by atoms with Crippen molar-refractivity contribution in [2.24, 2.45) is 0 Å². The van der Waals surface area contributed by atoms with Crippen molar-refractivity contribution in [1.82, 2.24) is 0 Å². The van der Waals surface area contributed by atoms with Crippen molar-refractivity contribution >= 4 is 11.6 Å². The van der Waals surface area contributed by atoms with Crippen molar-refractivity contribution in [3.63, 3.8) is 0 Å². The van der Waals surface area contributed by atoms with Gasteiger partial charge in [-0.25, -0.2) is 0 Å². The second kappa shape index (κ2) is 9.11. The Morgan fingerprint density at radius 3 is 1.35 bits per heavy atom. The minimum absolute atomic E-state index is 0.0113. The van der Waals surface area contributed by atoms with Gasteiger partial charge in [-0.05, 0) is 36.4 Å². The van der Waals surface area contributed by atoms with Crippen molar-refractivity contribution in [1.29, 1.82) is 0 Å². The van der Waals surface area contributed by atoms with E-state index in [9.17, 15) is 30.0 Å². The monoisotopic (exact) mass is 454 g/mol. The standard InChI is InChI=1S/C28H22O6/c29-22-13-5-1-9-18(22)26(33)17-28(20-11-3-7-15-24(20)31,21-12-4-8-16-25(21)32)27(34)19-10-2-6-14-23(19)30/h1-16,29-32H,17H2. The maximum Gasteiger partial charge on any atom is 0.182 e. The number of para-hydroxylation sites is 4. The van der Waals surface area contributed by atoms with Crippen LogP contribution in [0.3, 0.4) is 0 Å². The highest BCUT2D eigenvalue weighted by Gasteiger charge is 2.48. The summed E-state index contributed by atoms with van der Waals surface area (Å²) in [6.07, 6.45) is -0.535. The van der Waals surface area contributed by atoms with Crippen LogP contribution in [-0.2, 0) is 5.41 Å². The first-order valence-electron chi connectivity index (χ1n) is 10.6. The molecule has 0 heterocycles. The molecule has 4 N–H and O–H groups in total. The van der Waals surface area contributed by atoms with Crippen LogP contribution in [0.2, 0.25) is 0 Å². The quantitative estimate of drug-likeness (QED) is 0.294. The SMILES string of the molecule is O=C(CC(C(=O)c1ccccc1O)(c1ccccc1O)c1ccccc1O)c1ccccc1O. The molecule has 34 heavy (non-hydrogen) atoms. The smallest absolute Gasteiger partial charge is 0.182 e. The van der Waals surface area contributed by atoms with E-state index in [1.807, 2.05) is 0 Å². The zero-order valence-electron chi connectivity index (χ0n) is 18.1. The minimum atomic E-state index is -1.92. The minimum Gasteiger partial charge on any atom is -0.508 e. The molecule has 6 nitrogen and oxygen atoms in total. The van der Waals surface area contributed by atoms with Crippen LogP contribution in [0, 0.1) is 0 Å². The van der Waals surface area contributed by atoms with Gasteiger partial charge in [0, 0.05) is 17.5 Å². The lowest BCUT2D eigenvalue weighted by Crippen LogP contribution is -2.40. The maximum atomic E-state index is 14.2. The summed E-state index contributed by atoms with van der Waals surface area (Å²) in [7, 11) is 0. The highest BCUT2D eigenvalue weighted by molar-refractivity contribution is 6.13. The lowest BCUT2D eigenvalue weighted by atomic mass is 9.65. The molecule has 4 rings (SSSR count). The Kier molecular flexibility index (Phi) is 6.06. The molecule has 6 heteroatoms. The molecular formula is C28H22O6. The fraction of sp³-hybridized carbons (Fsp3) is 0.0714. The number of phenolic OH excluding ortho intramolecular Hbond substituents is 4. The third-order valence-electron chi connectivity index (χ3n) is 5.89. The number of aromatic hydroxyl groups is 4. The van der Waals surface area contributed by atoms with Gasteiger partial charge < -0.3 is 20.4 Å². The van der Waals surface area contributed by atoms with Crippen molar-refractivity contribution in [2.45, 2.75) is 11.8 Å². The third kappa shape index (κ3) is 3.86. The van der Waals surface area contributed by atoms with Crippen LogP contribution in [0.1, 0.15) is 38.3 Å². The molecule has 4 aromatic carbocycles. The largest absolute Gasteiger partial charge is 0.508 e. The average molecular weight is 454 g/mol. The molecular weight excluding hydrogens is 432 g/mol. The lowest BCUT2D eigenvalue weighted by Gasteiger charge is -2.34. The van der Waals surface area contributed by atoms with Gasteiger partial charge in [0.25, 0.3) is 0 Å².